The zero-order valence-corrected chi connectivity index (χ0v) is 16.4. The molecule has 0 spiro atoms. The summed E-state index contributed by atoms with van der Waals surface area (Å²) >= 11 is 0. The average molecular weight is 391 g/mol. The Kier molecular flexibility index (Phi) is 8.73. The van der Waals surface area contributed by atoms with Crippen molar-refractivity contribution in [3.8, 4) is 5.75 Å². The quantitative estimate of drug-likeness (QED) is 0.313. The maximum Gasteiger partial charge on any atom is 0.673 e. The van der Waals surface area contributed by atoms with Gasteiger partial charge in [0.1, 0.15) is 5.75 Å². The van der Waals surface area contributed by atoms with Crippen molar-refractivity contribution < 1.29 is 22.0 Å². The van der Waals surface area contributed by atoms with E-state index in [2.05, 4.69) is 24.3 Å². The number of methoxy groups -OCH3 is 1. The summed E-state index contributed by atoms with van der Waals surface area (Å²) in [5.74, 6) is 1.00. The summed E-state index contributed by atoms with van der Waals surface area (Å²) in [5.41, 5.74) is 1.98. The van der Waals surface area contributed by atoms with Crippen molar-refractivity contribution in [3.05, 3.63) is 24.3 Å². The van der Waals surface area contributed by atoms with Gasteiger partial charge in [-0.15, -0.1) is 0 Å². The van der Waals surface area contributed by atoms with Crippen LogP contribution in [-0.2, 0) is 0 Å². The van der Waals surface area contributed by atoms with Gasteiger partial charge in [-0.25, -0.2) is 0 Å². The summed E-state index contributed by atoms with van der Waals surface area (Å²) in [6.07, 6.45) is 14.7. The summed E-state index contributed by atoms with van der Waals surface area (Å²) in [4.78, 5) is 0. The molecular formula is C19H29BF4OP-. The molecule has 2 fully saturated rings. The first-order valence-corrected chi connectivity index (χ1v) is 11.2. The summed E-state index contributed by atoms with van der Waals surface area (Å²) in [7, 11) is -4.20. The predicted octanol–water partition coefficient (Wildman–Crippen LogP) is 6.77. The Morgan fingerprint density at radius 3 is 1.50 bits per heavy atom. The molecule has 0 aliphatic heterocycles. The molecule has 1 aromatic rings. The summed E-state index contributed by atoms with van der Waals surface area (Å²) in [5, 5.41) is 1.64. The van der Waals surface area contributed by atoms with Crippen LogP contribution < -0.4 is 10.0 Å². The topological polar surface area (TPSA) is 9.23 Å². The lowest BCUT2D eigenvalue weighted by Crippen LogP contribution is -2.26. The molecule has 26 heavy (non-hydrogen) atoms. The van der Waals surface area contributed by atoms with Gasteiger partial charge in [-0.05, 0) is 54.4 Å². The van der Waals surface area contributed by atoms with Crippen molar-refractivity contribution in [2.24, 2.45) is 0 Å². The molecule has 148 valence electrons. The highest BCUT2D eigenvalue weighted by molar-refractivity contribution is 7.67. The molecule has 0 heterocycles. The first-order chi connectivity index (χ1) is 12.4. The minimum atomic E-state index is -6.00. The first-order valence-electron chi connectivity index (χ1n) is 9.68. The molecule has 1 nitrogen and oxygen atoms in total. The smallest absolute Gasteiger partial charge is 0.497 e. The number of benzene rings is 1. The van der Waals surface area contributed by atoms with E-state index in [9.17, 15) is 17.3 Å². The molecule has 0 bridgehead atoms. The number of halogens is 4. The van der Waals surface area contributed by atoms with Gasteiger partial charge < -0.3 is 22.0 Å². The first kappa shape index (κ1) is 21.5. The van der Waals surface area contributed by atoms with Gasteiger partial charge in [0.2, 0.25) is 0 Å². The van der Waals surface area contributed by atoms with Crippen molar-refractivity contribution in [2.45, 2.75) is 75.5 Å². The van der Waals surface area contributed by atoms with E-state index in [1.807, 2.05) is 0 Å². The molecule has 0 saturated heterocycles. The van der Waals surface area contributed by atoms with Crippen LogP contribution in [0, 0.1) is 0 Å². The van der Waals surface area contributed by atoms with E-state index in [0.717, 1.165) is 17.1 Å². The highest BCUT2D eigenvalue weighted by Gasteiger charge is 2.32. The Balaban J connectivity index is 0.000000431. The SMILES string of the molecule is COc1ccc(P(C2CCCCC2)C2CCCCC2)cc1.F[B-](F)(F)F. The van der Waals surface area contributed by atoms with Gasteiger partial charge in [0, 0.05) is 0 Å². The van der Waals surface area contributed by atoms with Crippen LogP contribution in [0.5, 0.6) is 5.75 Å². The van der Waals surface area contributed by atoms with E-state index < -0.39 is 7.25 Å². The molecule has 0 amide bonds. The molecule has 2 saturated carbocycles. The third-order valence-corrected chi connectivity index (χ3v) is 8.81. The van der Waals surface area contributed by atoms with Crippen LogP contribution in [0.4, 0.5) is 17.3 Å². The molecule has 0 N–H and O–H groups in total. The van der Waals surface area contributed by atoms with E-state index in [-0.39, 0.29) is 7.92 Å². The highest BCUT2D eigenvalue weighted by Crippen LogP contribution is 2.54. The van der Waals surface area contributed by atoms with Gasteiger partial charge in [-0.3, -0.25) is 0 Å². The highest BCUT2D eigenvalue weighted by atomic mass is 31.1. The minimum Gasteiger partial charge on any atom is -0.497 e. The second-order valence-corrected chi connectivity index (χ2v) is 9.98. The van der Waals surface area contributed by atoms with Gasteiger partial charge in [-0.2, -0.15) is 0 Å². The second kappa shape index (κ2) is 10.5. The number of rotatable bonds is 4. The molecule has 7 heteroatoms. The largest absolute Gasteiger partial charge is 0.673 e. The lowest BCUT2D eigenvalue weighted by molar-refractivity contribution is 0.368. The standard InChI is InChI=1S/C19H29OP.BF4/c1-20-16-12-14-19(15-13-16)21(17-8-4-2-5-9-17)18-10-6-3-7-11-18;2-1(3,4)5/h12-15,17-18H,2-11H2,1H3;/q;-1. The van der Waals surface area contributed by atoms with Gasteiger partial charge in [0.25, 0.3) is 0 Å². The molecule has 2 aliphatic carbocycles. The number of ether oxygens (including phenoxy) is 1. The van der Waals surface area contributed by atoms with Crippen LogP contribution >= 0.6 is 7.92 Å². The minimum absolute atomic E-state index is 0.0350. The average Bonchev–Trinajstić information content (AvgIpc) is 2.63. The van der Waals surface area contributed by atoms with Crippen molar-refractivity contribution in [1.29, 1.82) is 0 Å². The van der Waals surface area contributed by atoms with Crippen LogP contribution in [0.15, 0.2) is 24.3 Å². The fraction of sp³-hybridized carbons (Fsp3) is 0.684. The second-order valence-electron chi connectivity index (χ2n) is 7.18. The molecule has 2 aliphatic rings. The Morgan fingerprint density at radius 2 is 1.15 bits per heavy atom. The van der Waals surface area contributed by atoms with Crippen molar-refractivity contribution in [3.63, 3.8) is 0 Å². The summed E-state index contributed by atoms with van der Waals surface area (Å²) in [6, 6.07) is 9.09. The van der Waals surface area contributed by atoms with E-state index in [0.29, 0.717) is 0 Å². The van der Waals surface area contributed by atoms with Crippen LogP contribution in [0.25, 0.3) is 0 Å². The van der Waals surface area contributed by atoms with Crippen LogP contribution in [-0.4, -0.2) is 25.7 Å². The maximum absolute atomic E-state index is 9.75. The van der Waals surface area contributed by atoms with Gasteiger partial charge in [0.15, 0.2) is 0 Å². The Bertz CT molecular complexity index is 487. The normalized spacial score (nSPS) is 19.8. The summed E-state index contributed by atoms with van der Waals surface area (Å²) < 4.78 is 44.3. The van der Waals surface area contributed by atoms with Crippen molar-refractivity contribution in [1.82, 2.24) is 0 Å². The lowest BCUT2D eigenvalue weighted by Gasteiger charge is -2.38. The Labute approximate surface area is 155 Å². The van der Waals surface area contributed by atoms with Crippen LogP contribution in [0.3, 0.4) is 0 Å². The third-order valence-electron chi connectivity index (χ3n) is 5.31. The Morgan fingerprint density at radius 1 is 0.769 bits per heavy atom. The zero-order chi connectivity index (χ0) is 19.0. The van der Waals surface area contributed by atoms with E-state index >= 15 is 0 Å². The summed E-state index contributed by atoms with van der Waals surface area (Å²) in [6.45, 7) is 0. The fourth-order valence-corrected chi connectivity index (χ4v) is 7.97. The lowest BCUT2D eigenvalue weighted by atomic mass is 9.99. The number of hydrogen-bond acceptors (Lipinski definition) is 1. The molecule has 0 aromatic heterocycles. The van der Waals surface area contributed by atoms with Gasteiger partial charge >= 0.3 is 7.25 Å². The molecule has 0 radical (unpaired) electrons. The molecule has 0 unspecified atom stereocenters. The van der Waals surface area contributed by atoms with Crippen LogP contribution in [0.2, 0.25) is 0 Å². The fourth-order valence-electron chi connectivity index (χ4n) is 4.19. The maximum atomic E-state index is 9.75. The Hall–Kier alpha value is -0.765. The van der Waals surface area contributed by atoms with E-state index in [1.165, 1.54) is 64.2 Å². The number of hydrogen-bond donors (Lipinski definition) is 0. The molecule has 0 atom stereocenters. The van der Waals surface area contributed by atoms with Crippen LogP contribution in [0.1, 0.15) is 64.2 Å². The van der Waals surface area contributed by atoms with E-state index in [1.54, 1.807) is 12.4 Å². The zero-order valence-electron chi connectivity index (χ0n) is 15.5. The van der Waals surface area contributed by atoms with Crippen molar-refractivity contribution in [2.75, 3.05) is 7.11 Å². The predicted molar refractivity (Wildman–Crippen MR) is 103 cm³/mol. The van der Waals surface area contributed by atoms with Gasteiger partial charge in [0.05, 0.1) is 7.11 Å². The molecular weight excluding hydrogens is 362 g/mol. The third kappa shape index (κ3) is 7.46. The van der Waals surface area contributed by atoms with Crippen molar-refractivity contribution >= 4 is 20.5 Å². The molecule has 3 rings (SSSR count). The van der Waals surface area contributed by atoms with Gasteiger partial charge in [-0.1, -0.05) is 58.6 Å². The monoisotopic (exact) mass is 391 g/mol. The van der Waals surface area contributed by atoms with E-state index in [4.69, 9.17) is 4.74 Å². The molecule has 1 aromatic carbocycles.